The molecule has 0 N–H and O–H groups in total. The molecule has 0 aliphatic heterocycles. The Morgan fingerprint density at radius 1 is 0.789 bits per heavy atom. The Kier molecular flexibility index (Phi) is 19.8. The van der Waals surface area contributed by atoms with E-state index in [0.717, 1.165) is 6.04 Å². The van der Waals surface area contributed by atoms with Crippen molar-refractivity contribution in [1.29, 1.82) is 0 Å². The van der Waals surface area contributed by atoms with Crippen LogP contribution in [0.5, 0.6) is 0 Å². The van der Waals surface area contributed by atoms with Crippen molar-refractivity contribution in [2.75, 3.05) is 19.4 Å². The fourth-order valence-electron chi connectivity index (χ4n) is 2.47. The predicted molar refractivity (Wildman–Crippen MR) is 98.1 cm³/mol. The van der Waals surface area contributed by atoms with Crippen LogP contribution in [0.4, 0.5) is 0 Å². The summed E-state index contributed by atoms with van der Waals surface area (Å²) in [7, 11) is 4.49. The van der Waals surface area contributed by atoms with Crippen molar-refractivity contribution in [2.45, 2.75) is 83.6 Å². The fourth-order valence-corrected chi connectivity index (χ4v) is 2.87. The van der Waals surface area contributed by atoms with Crippen LogP contribution in [0.2, 0.25) is 0 Å². The molecule has 118 valence electrons. The second kappa shape index (κ2) is 17.0. The summed E-state index contributed by atoms with van der Waals surface area (Å²) in [6.45, 7) is 2.29. The van der Waals surface area contributed by atoms with Gasteiger partial charge in [0.1, 0.15) is 0 Å². The molecule has 0 aliphatic rings. The fraction of sp³-hybridized carbons (Fsp3) is 1.00. The summed E-state index contributed by atoms with van der Waals surface area (Å²) in [4.78, 5) is 2.43. The highest BCUT2D eigenvalue weighted by Crippen LogP contribution is 2.16. The lowest BCUT2D eigenvalue weighted by Crippen LogP contribution is -2.27. The topological polar surface area (TPSA) is 3.24 Å². The van der Waals surface area contributed by atoms with E-state index in [-0.39, 0.29) is 17.0 Å². The van der Waals surface area contributed by atoms with Gasteiger partial charge in [0.25, 0.3) is 0 Å². The lowest BCUT2D eigenvalue weighted by Gasteiger charge is -2.24. The summed E-state index contributed by atoms with van der Waals surface area (Å²) in [5, 5.41) is 1.17. The molecule has 0 radical (unpaired) electrons. The third-order valence-corrected chi connectivity index (χ3v) is 4.35. The van der Waals surface area contributed by atoms with Crippen molar-refractivity contribution < 1.29 is 0 Å². The van der Waals surface area contributed by atoms with Gasteiger partial charge < -0.3 is 4.90 Å². The number of hydrogen-bond donors (Lipinski definition) is 0. The second-order valence-corrected chi connectivity index (χ2v) is 6.51. The van der Waals surface area contributed by atoms with Crippen LogP contribution in [-0.2, 0) is 0 Å². The molecule has 0 rings (SSSR count). The summed E-state index contributed by atoms with van der Waals surface area (Å²) in [6, 6.07) is 0.815. The van der Waals surface area contributed by atoms with E-state index < -0.39 is 0 Å². The van der Waals surface area contributed by atoms with Crippen LogP contribution in [-0.4, -0.2) is 30.4 Å². The minimum absolute atomic E-state index is 0. The van der Waals surface area contributed by atoms with Crippen molar-refractivity contribution >= 4 is 32.9 Å². The third-order valence-electron chi connectivity index (χ3n) is 3.79. The molecule has 0 heterocycles. The minimum atomic E-state index is 0. The minimum Gasteiger partial charge on any atom is -0.306 e. The molecular formula is C16H35Br2N. The molecule has 1 nitrogen and oxygen atoms in total. The first-order valence-corrected chi connectivity index (χ1v) is 9.06. The lowest BCUT2D eigenvalue weighted by atomic mass is 10.00. The molecule has 1 atom stereocenters. The molecule has 0 aromatic heterocycles. The van der Waals surface area contributed by atoms with E-state index in [9.17, 15) is 0 Å². The van der Waals surface area contributed by atoms with Gasteiger partial charge in [-0.1, -0.05) is 74.2 Å². The Bertz CT molecular complexity index is 149. The lowest BCUT2D eigenvalue weighted by molar-refractivity contribution is 0.251. The van der Waals surface area contributed by atoms with Crippen LogP contribution in [0.3, 0.4) is 0 Å². The first-order valence-electron chi connectivity index (χ1n) is 7.94. The van der Waals surface area contributed by atoms with Crippen molar-refractivity contribution in [1.82, 2.24) is 4.90 Å². The van der Waals surface area contributed by atoms with Gasteiger partial charge in [-0.3, -0.25) is 0 Å². The van der Waals surface area contributed by atoms with Crippen molar-refractivity contribution in [3.05, 3.63) is 0 Å². The summed E-state index contributed by atoms with van der Waals surface area (Å²) >= 11 is 3.50. The van der Waals surface area contributed by atoms with E-state index in [2.05, 4.69) is 41.8 Å². The molecular weight excluding hydrogens is 366 g/mol. The van der Waals surface area contributed by atoms with Gasteiger partial charge in [-0.05, 0) is 33.4 Å². The first kappa shape index (κ1) is 22.2. The van der Waals surface area contributed by atoms with Crippen LogP contribution in [0.15, 0.2) is 0 Å². The van der Waals surface area contributed by atoms with Gasteiger partial charge in [0.2, 0.25) is 0 Å². The molecule has 0 amide bonds. The first-order chi connectivity index (χ1) is 8.72. The zero-order chi connectivity index (χ0) is 13.6. The van der Waals surface area contributed by atoms with E-state index in [4.69, 9.17) is 0 Å². The second-order valence-electron chi connectivity index (χ2n) is 5.71. The zero-order valence-corrected chi connectivity index (χ0v) is 16.6. The van der Waals surface area contributed by atoms with E-state index in [1.54, 1.807) is 0 Å². The van der Waals surface area contributed by atoms with Crippen LogP contribution in [0, 0.1) is 0 Å². The maximum Gasteiger partial charge on any atom is 0.00891 e. The highest BCUT2D eigenvalue weighted by molar-refractivity contribution is 9.09. The molecule has 3 heteroatoms. The zero-order valence-electron chi connectivity index (χ0n) is 13.3. The summed E-state index contributed by atoms with van der Waals surface area (Å²) < 4.78 is 0. The maximum atomic E-state index is 3.50. The van der Waals surface area contributed by atoms with E-state index in [0.29, 0.717) is 0 Å². The summed E-state index contributed by atoms with van der Waals surface area (Å²) in [5.41, 5.74) is 0. The molecule has 0 bridgehead atoms. The molecule has 0 aromatic carbocycles. The smallest absolute Gasteiger partial charge is 0.00891 e. The Morgan fingerprint density at radius 3 is 1.68 bits per heavy atom. The van der Waals surface area contributed by atoms with Gasteiger partial charge in [-0.2, -0.15) is 0 Å². The molecule has 0 fully saturated rings. The van der Waals surface area contributed by atoms with Crippen LogP contribution >= 0.6 is 32.9 Å². The van der Waals surface area contributed by atoms with Gasteiger partial charge >= 0.3 is 0 Å². The average Bonchev–Trinajstić information content (AvgIpc) is 2.35. The SMILES string of the molecule is Br.CCCCCCCC(CCCCCCBr)N(C)C. The van der Waals surface area contributed by atoms with Crippen LogP contribution in [0.25, 0.3) is 0 Å². The highest BCUT2D eigenvalue weighted by Gasteiger charge is 2.10. The maximum absolute atomic E-state index is 3.50. The van der Waals surface area contributed by atoms with Gasteiger partial charge in [0, 0.05) is 11.4 Å². The van der Waals surface area contributed by atoms with Gasteiger partial charge in [0.15, 0.2) is 0 Å². The number of nitrogens with zero attached hydrogens (tertiary/aromatic N) is 1. The molecule has 19 heavy (non-hydrogen) atoms. The Balaban J connectivity index is 0. The number of alkyl halides is 1. The quantitative estimate of drug-likeness (QED) is 0.262. The number of hydrogen-bond acceptors (Lipinski definition) is 1. The average molecular weight is 401 g/mol. The molecule has 0 saturated heterocycles. The predicted octanol–water partition coefficient (Wildman–Crippen LogP) is 6.20. The molecule has 0 spiro atoms. The van der Waals surface area contributed by atoms with Gasteiger partial charge in [-0.25, -0.2) is 0 Å². The number of rotatable bonds is 13. The molecule has 0 aromatic rings. The normalized spacial score (nSPS) is 12.5. The van der Waals surface area contributed by atoms with Gasteiger partial charge in [-0.15, -0.1) is 17.0 Å². The Morgan fingerprint density at radius 2 is 1.26 bits per heavy atom. The third kappa shape index (κ3) is 15.1. The van der Waals surface area contributed by atoms with Crippen molar-refractivity contribution in [2.24, 2.45) is 0 Å². The van der Waals surface area contributed by atoms with Crippen molar-refractivity contribution in [3.8, 4) is 0 Å². The molecule has 0 aliphatic carbocycles. The van der Waals surface area contributed by atoms with Crippen LogP contribution in [0.1, 0.15) is 77.6 Å². The summed E-state index contributed by atoms with van der Waals surface area (Å²) in [6.07, 6.45) is 15.4. The van der Waals surface area contributed by atoms with Crippen LogP contribution < -0.4 is 0 Å². The standard InChI is InChI=1S/C16H34BrN.BrH/c1-4-5-6-7-10-13-16(18(2)3)14-11-8-9-12-15-17;/h16H,4-15H2,1-3H3;1H. The van der Waals surface area contributed by atoms with E-state index >= 15 is 0 Å². The summed E-state index contributed by atoms with van der Waals surface area (Å²) in [5.74, 6) is 0. The number of halogens is 2. The Hall–Kier alpha value is 0.920. The van der Waals surface area contributed by atoms with Gasteiger partial charge in [0.05, 0.1) is 0 Å². The molecule has 0 saturated carbocycles. The Labute approximate surface area is 140 Å². The van der Waals surface area contributed by atoms with Crippen molar-refractivity contribution in [3.63, 3.8) is 0 Å². The number of unbranched alkanes of at least 4 members (excludes halogenated alkanes) is 7. The van der Waals surface area contributed by atoms with E-state index in [1.165, 1.54) is 76.0 Å². The van der Waals surface area contributed by atoms with E-state index in [1.807, 2.05) is 0 Å². The molecule has 1 unspecified atom stereocenters. The monoisotopic (exact) mass is 399 g/mol. The highest BCUT2D eigenvalue weighted by atomic mass is 79.9. The largest absolute Gasteiger partial charge is 0.306 e.